The number of carbonyl (C=O) groups excluding carboxylic acids is 2. The Morgan fingerprint density at radius 2 is 1.62 bits per heavy atom. The lowest BCUT2D eigenvalue weighted by Gasteiger charge is -2.19. The van der Waals surface area contributed by atoms with Gasteiger partial charge in [-0.05, 0) is 47.9 Å². The molecule has 47 heavy (non-hydrogen) atoms. The molecule has 0 bridgehead atoms. The first-order valence-corrected chi connectivity index (χ1v) is 17.1. The van der Waals surface area contributed by atoms with Crippen molar-refractivity contribution in [2.24, 2.45) is 5.41 Å². The Bertz CT molecular complexity index is 1670. The van der Waals surface area contributed by atoms with E-state index in [2.05, 4.69) is 20.3 Å². The SMILES string of the molecule is CC(C)(C)COC(=O)CCCS(=O)(=O)CC(=O)c1ccc(Cc2nc(NC3(c4ccc(Cl)cc4)CC3)nc(OCC(F)(F)F)n2)cc1. The van der Waals surface area contributed by atoms with Crippen LogP contribution in [0.3, 0.4) is 0 Å². The number of Topliss-reactive ketones (excluding diaryl/α,β-unsaturated/α-hetero) is 1. The third kappa shape index (κ3) is 11.8. The molecule has 10 nitrogen and oxygen atoms in total. The van der Waals surface area contributed by atoms with Gasteiger partial charge < -0.3 is 14.8 Å². The van der Waals surface area contributed by atoms with Crippen LogP contribution in [0, 0.1) is 5.41 Å². The van der Waals surface area contributed by atoms with Gasteiger partial charge in [0.15, 0.2) is 22.2 Å². The molecule has 0 spiro atoms. The van der Waals surface area contributed by atoms with Crippen LogP contribution >= 0.6 is 11.6 Å². The van der Waals surface area contributed by atoms with E-state index >= 15 is 0 Å². The molecule has 1 aromatic heterocycles. The Morgan fingerprint density at radius 1 is 0.957 bits per heavy atom. The number of carbonyl (C=O) groups is 2. The fourth-order valence-corrected chi connectivity index (χ4v) is 5.91. The highest BCUT2D eigenvalue weighted by atomic mass is 35.5. The van der Waals surface area contributed by atoms with Crippen LogP contribution in [0.4, 0.5) is 19.1 Å². The number of nitrogens with zero attached hydrogens (tertiary/aromatic N) is 3. The van der Waals surface area contributed by atoms with Crippen LogP contribution in [0.1, 0.15) is 73.8 Å². The molecule has 2 aromatic carbocycles. The number of ketones is 1. The lowest BCUT2D eigenvalue weighted by Crippen LogP contribution is -2.23. The molecule has 0 aliphatic heterocycles. The number of sulfone groups is 1. The molecule has 1 saturated carbocycles. The maximum atomic E-state index is 12.9. The minimum absolute atomic E-state index is 0.0375. The van der Waals surface area contributed by atoms with E-state index in [0.717, 1.165) is 18.4 Å². The lowest BCUT2D eigenvalue weighted by atomic mass is 9.99. The summed E-state index contributed by atoms with van der Waals surface area (Å²) < 4.78 is 73.7. The van der Waals surface area contributed by atoms with Crippen molar-refractivity contribution in [1.82, 2.24) is 15.0 Å². The van der Waals surface area contributed by atoms with Crippen LogP contribution in [0.25, 0.3) is 0 Å². The molecule has 1 aliphatic carbocycles. The summed E-state index contributed by atoms with van der Waals surface area (Å²) in [6.45, 7) is 4.36. The number of aromatic nitrogens is 3. The third-order valence-corrected chi connectivity index (χ3v) is 8.88. The zero-order valence-electron chi connectivity index (χ0n) is 26.2. The summed E-state index contributed by atoms with van der Waals surface area (Å²) in [5.41, 5.74) is 0.968. The number of hydrogen-bond acceptors (Lipinski definition) is 10. The number of hydrogen-bond donors (Lipinski definition) is 1. The maximum absolute atomic E-state index is 12.9. The lowest BCUT2D eigenvalue weighted by molar-refractivity contribution is -0.154. The van der Waals surface area contributed by atoms with Crippen LogP contribution in [0.15, 0.2) is 48.5 Å². The number of ether oxygens (including phenoxy) is 2. The second kappa shape index (κ2) is 14.5. The van der Waals surface area contributed by atoms with Crippen molar-refractivity contribution in [3.8, 4) is 6.01 Å². The summed E-state index contributed by atoms with van der Waals surface area (Å²) >= 11 is 6.01. The summed E-state index contributed by atoms with van der Waals surface area (Å²) in [5, 5.41) is 3.78. The molecule has 1 aliphatic rings. The van der Waals surface area contributed by atoms with Gasteiger partial charge in [0.2, 0.25) is 5.95 Å². The normalized spacial score (nSPS) is 14.4. The van der Waals surface area contributed by atoms with Gasteiger partial charge in [-0.15, -0.1) is 0 Å². The number of alkyl halides is 3. The van der Waals surface area contributed by atoms with Gasteiger partial charge in [-0.3, -0.25) is 9.59 Å². The predicted octanol–water partition coefficient (Wildman–Crippen LogP) is 6.13. The summed E-state index contributed by atoms with van der Waals surface area (Å²) in [7, 11) is -3.78. The Balaban J connectivity index is 1.40. The Kier molecular flexibility index (Phi) is 11.2. The van der Waals surface area contributed by atoms with Crippen molar-refractivity contribution in [2.45, 2.75) is 64.6 Å². The standard InChI is InChI=1S/C32H36ClF3N4O6S/c1-30(2,3)19-45-27(42)5-4-16-47(43,44)18-25(41)22-8-6-21(7-9-22)17-26-37-28(39-29(38-26)46-20-32(34,35)36)40-31(14-15-31)23-10-12-24(33)13-11-23/h6-13H,4-5,14-20H2,1-3H3,(H,37,38,39,40). The van der Waals surface area contributed by atoms with E-state index in [1.807, 2.05) is 32.9 Å². The first-order chi connectivity index (χ1) is 21.9. The summed E-state index contributed by atoms with van der Waals surface area (Å²) in [6.07, 6.45) is -3.10. The number of esters is 1. The van der Waals surface area contributed by atoms with E-state index in [-0.39, 0.29) is 54.4 Å². The largest absolute Gasteiger partial charge is 0.465 e. The van der Waals surface area contributed by atoms with Crippen LogP contribution in [0.2, 0.25) is 5.02 Å². The number of anilines is 1. The van der Waals surface area contributed by atoms with Crippen LogP contribution in [-0.2, 0) is 31.3 Å². The molecule has 0 radical (unpaired) electrons. The summed E-state index contributed by atoms with van der Waals surface area (Å²) in [4.78, 5) is 37.1. The monoisotopic (exact) mass is 696 g/mol. The van der Waals surface area contributed by atoms with Crippen molar-refractivity contribution < 1.29 is 40.7 Å². The molecule has 0 saturated heterocycles. The Labute approximate surface area is 276 Å². The third-order valence-electron chi connectivity index (χ3n) is 7.02. The van der Waals surface area contributed by atoms with Gasteiger partial charge in [0.1, 0.15) is 11.6 Å². The van der Waals surface area contributed by atoms with Gasteiger partial charge in [-0.2, -0.15) is 28.1 Å². The molecule has 0 amide bonds. The predicted molar refractivity (Wildman–Crippen MR) is 169 cm³/mol. The van der Waals surface area contributed by atoms with Gasteiger partial charge in [0, 0.05) is 23.4 Å². The van der Waals surface area contributed by atoms with E-state index in [4.69, 9.17) is 21.1 Å². The zero-order chi connectivity index (χ0) is 34.5. The topological polar surface area (TPSA) is 137 Å². The number of nitrogens with one attached hydrogen (secondary N) is 1. The van der Waals surface area contributed by atoms with Crippen LogP contribution in [-0.4, -0.2) is 66.0 Å². The highest BCUT2D eigenvalue weighted by Gasteiger charge is 2.45. The first-order valence-electron chi connectivity index (χ1n) is 14.9. The average Bonchev–Trinajstić information content (AvgIpc) is 3.75. The van der Waals surface area contributed by atoms with Gasteiger partial charge >= 0.3 is 18.2 Å². The zero-order valence-corrected chi connectivity index (χ0v) is 27.8. The van der Waals surface area contributed by atoms with E-state index in [0.29, 0.717) is 10.6 Å². The highest BCUT2D eigenvalue weighted by Crippen LogP contribution is 2.48. The molecule has 1 fully saturated rings. The fraction of sp³-hybridized carbons (Fsp3) is 0.469. The van der Waals surface area contributed by atoms with E-state index in [9.17, 15) is 31.2 Å². The van der Waals surface area contributed by atoms with Gasteiger partial charge in [-0.1, -0.05) is 68.8 Å². The number of halogens is 4. The smallest absolute Gasteiger partial charge is 0.422 e. The van der Waals surface area contributed by atoms with Gasteiger partial charge in [0.05, 0.1) is 17.9 Å². The Hall–Kier alpha value is -3.78. The number of benzene rings is 2. The van der Waals surface area contributed by atoms with Gasteiger partial charge in [0.25, 0.3) is 0 Å². The highest BCUT2D eigenvalue weighted by molar-refractivity contribution is 7.92. The average molecular weight is 697 g/mol. The van der Waals surface area contributed by atoms with Gasteiger partial charge in [-0.25, -0.2) is 8.42 Å². The molecule has 0 atom stereocenters. The van der Waals surface area contributed by atoms with E-state index in [1.165, 1.54) is 12.1 Å². The van der Waals surface area contributed by atoms with Crippen molar-refractivity contribution in [3.63, 3.8) is 0 Å². The second-order valence-electron chi connectivity index (χ2n) is 12.7. The molecule has 4 rings (SSSR count). The van der Waals surface area contributed by atoms with Crippen molar-refractivity contribution in [3.05, 3.63) is 76.1 Å². The van der Waals surface area contributed by atoms with E-state index in [1.54, 1.807) is 24.3 Å². The molecular weight excluding hydrogens is 661 g/mol. The van der Waals surface area contributed by atoms with E-state index < -0.39 is 51.7 Å². The molecule has 15 heteroatoms. The molecule has 1 N–H and O–H groups in total. The minimum atomic E-state index is -4.60. The van der Waals surface area contributed by atoms with Crippen LogP contribution in [0.5, 0.6) is 6.01 Å². The summed E-state index contributed by atoms with van der Waals surface area (Å²) in [6, 6.07) is 12.8. The fourth-order valence-electron chi connectivity index (χ4n) is 4.49. The molecular formula is C32H36ClF3N4O6S. The molecule has 3 aromatic rings. The van der Waals surface area contributed by atoms with Crippen molar-refractivity contribution in [1.29, 1.82) is 0 Å². The summed E-state index contributed by atoms with van der Waals surface area (Å²) in [5.74, 6) is -2.01. The van der Waals surface area contributed by atoms with Crippen molar-refractivity contribution in [2.75, 3.05) is 30.0 Å². The quantitative estimate of drug-likeness (QED) is 0.146. The van der Waals surface area contributed by atoms with Crippen LogP contribution < -0.4 is 10.1 Å². The van der Waals surface area contributed by atoms with Crippen molar-refractivity contribution >= 4 is 39.1 Å². The Morgan fingerprint density at radius 3 is 2.21 bits per heavy atom. The minimum Gasteiger partial charge on any atom is -0.465 e. The molecule has 254 valence electrons. The molecule has 0 unspecified atom stereocenters. The number of rotatable bonds is 15. The maximum Gasteiger partial charge on any atom is 0.422 e. The first kappa shape index (κ1) is 36.1. The second-order valence-corrected chi connectivity index (χ2v) is 15.3. The molecule has 1 heterocycles.